The van der Waals surface area contributed by atoms with Gasteiger partial charge in [-0.05, 0) is 64.9 Å². The van der Waals surface area contributed by atoms with Crippen molar-refractivity contribution in [1.82, 2.24) is 19.9 Å². The number of rotatable bonds is 8. The Balaban J connectivity index is 1.52. The Morgan fingerprint density at radius 2 is 1.97 bits per heavy atom. The van der Waals surface area contributed by atoms with Crippen LogP contribution in [0.1, 0.15) is 63.3 Å². The van der Waals surface area contributed by atoms with Gasteiger partial charge in [-0.2, -0.15) is 4.98 Å². The second-order valence-corrected chi connectivity index (χ2v) is 10.9. The van der Waals surface area contributed by atoms with E-state index in [0.717, 1.165) is 57.3 Å². The van der Waals surface area contributed by atoms with E-state index in [1.54, 1.807) is 11.3 Å². The monoisotopic (exact) mass is 468 g/mol. The number of aliphatic hydroxyl groups is 2. The molecule has 9 heteroatoms. The Bertz CT molecular complexity index is 1150. The number of pyridine rings is 1. The molecule has 4 N–H and O–H groups in total. The van der Waals surface area contributed by atoms with Crippen LogP contribution in [-0.4, -0.2) is 54.9 Å². The lowest BCUT2D eigenvalue weighted by Crippen LogP contribution is -2.30. The van der Waals surface area contributed by atoms with E-state index in [2.05, 4.69) is 20.6 Å². The van der Waals surface area contributed by atoms with E-state index >= 15 is 0 Å². The zero-order valence-corrected chi connectivity index (χ0v) is 20.2. The molecule has 0 aromatic carbocycles. The highest BCUT2D eigenvalue weighted by molar-refractivity contribution is 7.21. The van der Waals surface area contributed by atoms with Gasteiger partial charge in [-0.25, -0.2) is 9.97 Å². The van der Waals surface area contributed by atoms with Crippen LogP contribution in [0.5, 0.6) is 0 Å². The molecule has 8 nitrogen and oxygen atoms in total. The Kier molecular flexibility index (Phi) is 5.96. The lowest BCUT2D eigenvalue weighted by atomic mass is 9.89. The van der Waals surface area contributed by atoms with Crippen molar-refractivity contribution in [3.63, 3.8) is 0 Å². The van der Waals surface area contributed by atoms with E-state index in [0.29, 0.717) is 18.4 Å². The van der Waals surface area contributed by atoms with Gasteiger partial charge >= 0.3 is 0 Å². The molecule has 2 saturated carbocycles. The smallest absolute Gasteiger partial charge is 0.224 e. The molecule has 3 aromatic rings. The summed E-state index contributed by atoms with van der Waals surface area (Å²) < 4.78 is 1.14. The van der Waals surface area contributed by atoms with Gasteiger partial charge in [0, 0.05) is 24.7 Å². The number of thiazole rings is 1. The topological polar surface area (TPSA) is 116 Å². The molecular weight excluding hydrogens is 436 g/mol. The van der Waals surface area contributed by atoms with Gasteiger partial charge in [0.1, 0.15) is 16.3 Å². The fourth-order valence-electron chi connectivity index (χ4n) is 4.77. The lowest BCUT2D eigenvalue weighted by molar-refractivity contribution is 0.0197. The molecule has 0 spiro atoms. The Hall–Kier alpha value is -2.36. The number of hydrogen-bond donors (Lipinski definition) is 4. The number of fused-ring (bicyclic) bond motifs is 1. The number of anilines is 2. The largest absolute Gasteiger partial charge is 0.395 e. The van der Waals surface area contributed by atoms with Gasteiger partial charge in [0.2, 0.25) is 5.95 Å². The predicted octanol–water partition coefficient (Wildman–Crippen LogP) is 4.09. The maximum absolute atomic E-state index is 10.5. The molecule has 2 atom stereocenters. The molecule has 2 aliphatic carbocycles. The Labute approximate surface area is 197 Å². The molecule has 176 valence electrons. The summed E-state index contributed by atoms with van der Waals surface area (Å²) in [5, 5.41) is 27.3. The van der Waals surface area contributed by atoms with E-state index in [-0.39, 0.29) is 18.6 Å². The average molecular weight is 469 g/mol. The second kappa shape index (κ2) is 8.77. The number of aryl methyl sites for hydroxylation is 1. The first-order valence-electron chi connectivity index (χ1n) is 11.8. The van der Waals surface area contributed by atoms with Gasteiger partial charge in [0.25, 0.3) is 0 Å². The van der Waals surface area contributed by atoms with Crippen molar-refractivity contribution in [2.75, 3.05) is 23.8 Å². The van der Waals surface area contributed by atoms with E-state index in [9.17, 15) is 10.2 Å². The Morgan fingerprint density at radius 3 is 2.67 bits per heavy atom. The normalized spacial score (nSPS) is 21.0. The van der Waals surface area contributed by atoms with Crippen LogP contribution in [0.3, 0.4) is 0 Å². The number of nitrogens with zero attached hydrogens (tertiary/aromatic N) is 4. The molecule has 0 amide bonds. The lowest BCUT2D eigenvalue weighted by Gasteiger charge is -2.25. The third-order valence-corrected chi connectivity index (χ3v) is 7.81. The summed E-state index contributed by atoms with van der Waals surface area (Å²) in [5.41, 5.74) is 3.17. The van der Waals surface area contributed by atoms with Gasteiger partial charge in [-0.3, -0.25) is 4.98 Å². The highest BCUT2D eigenvalue weighted by atomic mass is 32.1. The first kappa shape index (κ1) is 22.4. The summed E-state index contributed by atoms with van der Waals surface area (Å²) in [6.07, 6.45) is 7.10. The molecule has 0 radical (unpaired) electrons. The maximum Gasteiger partial charge on any atom is 0.224 e. The van der Waals surface area contributed by atoms with Gasteiger partial charge in [-0.1, -0.05) is 0 Å². The SMILES string of the molecule is Cc1nc(NCCO)nc(NC2CCC(C(C)(C)O)C2)c1-c1nc2c(C3CC3)nccc2s1. The predicted molar refractivity (Wildman–Crippen MR) is 132 cm³/mol. The molecule has 5 rings (SSSR count). The summed E-state index contributed by atoms with van der Waals surface area (Å²) in [6, 6.07) is 2.26. The van der Waals surface area contributed by atoms with Crippen molar-refractivity contribution < 1.29 is 10.2 Å². The zero-order chi connectivity index (χ0) is 23.2. The van der Waals surface area contributed by atoms with Gasteiger partial charge in [0.15, 0.2) is 0 Å². The van der Waals surface area contributed by atoms with Crippen molar-refractivity contribution in [2.45, 2.75) is 70.4 Å². The van der Waals surface area contributed by atoms with E-state index in [1.165, 1.54) is 12.8 Å². The molecule has 0 aliphatic heterocycles. The molecule has 2 unspecified atom stereocenters. The summed E-state index contributed by atoms with van der Waals surface area (Å²) in [5.74, 6) is 2.03. The summed E-state index contributed by atoms with van der Waals surface area (Å²) >= 11 is 1.65. The second-order valence-electron chi connectivity index (χ2n) is 9.85. The minimum absolute atomic E-state index is 0.0115. The fourth-order valence-corrected chi connectivity index (χ4v) is 5.83. The zero-order valence-electron chi connectivity index (χ0n) is 19.4. The quantitative estimate of drug-likeness (QED) is 0.391. The van der Waals surface area contributed by atoms with Gasteiger partial charge < -0.3 is 20.8 Å². The van der Waals surface area contributed by atoms with E-state index in [4.69, 9.17) is 9.97 Å². The van der Waals surface area contributed by atoms with Crippen molar-refractivity contribution >= 4 is 33.3 Å². The van der Waals surface area contributed by atoms with Crippen molar-refractivity contribution in [3.05, 3.63) is 23.7 Å². The van der Waals surface area contributed by atoms with Gasteiger partial charge in [-0.15, -0.1) is 11.3 Å². The summed E-state index contributed by atoms with van der Waals surface area (Å²) in [7, 11) is 0. The number of aromatic nitrogens is 4. The number of aliphatic hydroxyl groups excluding tert-OH is 1. The van der Waals surface area contributed by atoms with Crippen molar-refractivity contribution in [3.8, 4) is 10.6 Å². The van der Waals surface area contributed by atoms with Crippen LogP contribution in [0.4, 0.5) is 11.8 Å². The van der Waals surface area contributed by atoms with Gasteiger partial charge in [0.05, 0.1) is 33.9 Å². The van der Waals surface area contributed by atoms with Crippen LogP contribution in [0, 0.1) is 12.8 Å². The van der Waals surface area contributed by atoms with Crippen molar-refractivity contribution in [1.29, 1.82) is 0 Å². The van der Waals surface area contributed by atoms with Crippen LogP contribution >= 0.6 is 11.3 Å². The van der Waals surface area contributed by atoms with Crippen LogP contribution in [0.15, 0.2) is 12.3 Å². The van der Waals surface area contributed by atoms with E-state index in [1.807, 2.05) is 33.0 Å². The highest BCUT2D eigenvalue weighted by Crippen LogP contribution is 2.44. The maximum atomic E-state index is 10.5. The molecule has 0 saturated heterocycles. The minimum Gasteiger partial charge on any atom is -0.395 e. The van der Waals surface area contributed by atoms with Crippen molar-refractivity contribution in [2.24, 2.45) is 5.92 Å². The molecule has 33 heavy (non-hydrogen) atoms. The molecule has 2 fully saturated rings. The standard InChI is InChI=1S/C24H32N6O2S/c1-13-18(22-29-20-17(33-22)8-9-25-19(20)14-4-5-14)21(30-23(27-13)26-10-11-31)28-16-7-6-15(12-16)24(2,3)32/h8-9,14-16,31-32H,4-7,10-12H2,1-3H3,(H2,26,27,28,30). The Morgan fingerprint density at radius 1 is 1.15 bits per heavy atom. The third kappa shape index (κ3) is 4.67. The minimum atomic E-state index is -0.687. The highest BCUT2D eigenvalue weighted by Gasteiger charge is 2.35. The molecule has 0 bridgehead atoms. The van der Waals surface area contributed by atoms with E-state index < -0.39 is 5.60 Å². The van der Waals surface area contributed by atoms with Crippen LogP contribution < -0.4 is 10.6 Å². The first-order chi connectivity index (χ1) is 15.8. The number of hydrogen-bond acceptors (Lipinski definition) is 9. The molecule has 2 aliphatic rings. The fraction of sp³-hybridized carbons (Fsp3) is 0.583. The average Bonchev–Trinajstić information content (AvgIpc) is 3.33. The molecule has 3 heterocycles. The third-order valence-electron chi connectivity index (χ3n) is 6.77. The van der Waals surface area contributed by atoms with Crippen LogP contribution in [0.25, 0.3) is 20.8 Å². The summed E-state index contributed by atoms with van der Waals surface area (Å²) in [6.45, 7) is 6.16. The van der Waals surface area contributed by atoms with Crippen LogP contribution in [-0.2, 0) is 0 Å². The summed E-state index contributed by atoms with van der Waals surface area (Å²) in [4.78, 5) is 19.1. The first-order valence-corrected chi connectivity index (χ1v) is 12.6. The number of nitrogens with one attached hydrogen (secondary N) is 2. The van der Waals surface area contributed by atoms with Crippen LogP contribution in [0.2, 0.25) is 0 Å². The molecular formula is C24H32N6O2S. The molecule has 3 aromatic heterocycles.